The van der Waals surface area contributed by atoms with Crippen LogP contribution in [0.1, 0.15) is 5.56 Å². The van der Waals surface area contributed by atoms with Gasteiger partial charge in [-0.1, -0.05) is 23.4 Å². The Balaban J connectivity index is 2.30. The highest BCUT2D eigenvalue weighted by Crippen LogP contribution is 2.30. The predicted octanol–water partition coefficient (Wildman–Crippen LogP) is 3.17. The Labute approximate surface area is 109 Å². The van der Waals surface area contributed by atoms with Crippen molar-refractivity contribution in [2.75, 3.05) is 0 Å². The lowest BCUT2D eigenvalue weighted by molar-refractivity contribution is 1.21. The number of halogens is 1. The van der Waals surface area contributed by atoms with Gasteiger partial charge in [0.25, 0.3) is 0 Å². The number of aromatic nitrogens is 1. The summed E-state index contributed by atoms with van der Waals surface area (Å²) >= 11 is 7.33. The summed E-state index contributed by atoms with van der Waals surface area (Å²) in [4.78, 5) is 5.94. The van der Waals surface area contributed by atoms with Gasteiger partial charge in [-0.3, -0.25) is 10.4 Å². The van der Waals surface area contributed by atoms with Crippen molar-refractivity contribution in [1.82, 2.24) is 4.98 Å². The number of hydrogen-bond donors (Lipinski definition) is 2. The van der Waals surface area contributed by atoms with Crippen LogP contribution >= 0.6 is 23.4 Å². The van der Waals surface area contributed by atoms with E-state index >= 15 is 0 Å². The Morgan fingerprint density at radius 3 is 2.59 bits per heavy atom. The molecule has 0 saturated heterocycles. The summed E-state index contributed by atoms with van der Waals surface area (Å²) in [6.45, 7) is 0. The zero-order valence-electron chi connectivity index (χ0n) is 8.85. The molecule has 3 nitrogen and oxygen atoms in total. The third-order valence-corrected chi connectivity index (χ3v) is 3.42. The number of amidine groups is 1. The monoisotopic (exact) mass is 263 g/mol. The lowest BCUT2D eigenvalue weighted by atomic mass is 10.2. The summed E-state index contributed by atoms with van der Waals surface area (Å²) < 4.78 is 0. The van der Waals surface area contributed by atoms with Gasteiger partial charge in [-0.15, -0.1) is 0 Å². The molecule has 0 atom stereocenters. The van der Waals surface area contributed by atoms with Gasteiger partial charge in [-0.25, -0.2) is 0 Å². The number of pyridine rings is 1. The molecule has 0 aliphatic carbocycles. The van der Waals surface area contributed by atoms with Gasteiger partial charge in [0.05, 0.1) is 0 Å². The molecule has 86 valence electrons. The van der Waals surface area contributed by atoms with Gasteiger partial charge >= 0.3 is 0 Å². The van der Waals surface area contributed by atoms with Crippen LogP contribution in [0.25, 0.3) is 0 Å². The van der Waals surface area contributed by atoms with Gasteiger partial charge in [0.1, 0.15) is 5.84 Å². The second-order valence-electron chi connectivity index (χ2n) is 3.34. The van der Waals surface area contributed by atoms with Crippen LogP contribution in [0.3, 0.4) is 0 Å². The van der Waals surface area contributed by atoms with Crippen molar-refractivity contribution in [3.8, 4) is 0 Å². The minimum Gasteiger partial charge on any atom is -0.384 e. The molecule has 1 aromatic heterocycles. The zero-order chi connectivity index (χ0) is 12.3. The molecule has 2 rings (SSSR count). The molecule has 3 N–H and O–H groups in total. The molecule has 0 aliphatic heterocycles. The number of nitrogens with zero attached hydrogens (tertiary/aromatic N) is 1. The van der Waals surface area contributed by atoms with E-state index in [0.29, 0.717) is 10.6 Å². The minimum atomic E-state index is 0.0452. The Morgan fingerprint density at radius 2 is 1.94 bits per heavy atom. The summed E-state index contributed by atoms with van der Waals surface area (Å²) in [5, 5.41) is 8.19. The average Bonchev–Trinajstić information content (AvgIpc) is 2.32. The number of nitrogens with two attached hydrogens (primary N) is 1. The van der Waals surface area contributed by atoms with E-state index in [0.717, 1.165) is 9.79 Å². The zero-order valence-corrected chi connectivity index (χ0v) is 10.4. The fourth-order valence-corrected chi connectivity index (χ4v) is 2.37. The lowest BCUT2D eigenvalue weighted by Crippen LogP contribution is -2.12. The molecule has 0 fully saturated rings. The summed E-state index contributed by atoms with van der Waals surface area (Å²) in [7, 11) is 0. The Hall–Kier alpha value is -1.52. The Kier molecular flexibility index (Phi) is 3.66. The number of rotatable bonds is 3. The average molecular weight is 264 g/mol. The third kappa shape index (κ3) is 2.99. The third-order valence-electron chi connectivity index (χ3n) is 2.12. The fraction of sp³-hybridized carbons (Fsp3) is 0. The molecule has 0 radical (unpaired) electrons. The lowest BCUT2D eigenvalue weighted by Gasteiger charge is -2.06. The van der Waals surface area contributed by atoms with Crippen LogP contribution in [0.4, 0.5) is 0 Å². The largest absolute Gasteiger partial charge is 0.384 e. The Morgan fingerprint density at radius 1 is 1.24 bits per heavy atom. The molecule has 0 unspecified atom stereocenters. The molecule has 1 heterocycles. The van der Waals surface area contributed by atoms with Crippen molar-refractivity contribution < 1.29 is 0 Å². The second kappa shape index (κ2) is 5.21. The van der Waals surface area contributed by atoms with Crippen LogP contribution in [0.15, 0.2) is 52.5 Å². The number of nitrogen functional groups attached to an aromatic ring is 1. The highest BCUT2D eigenvalue weighted by molar-refractivity contribution is 7.99. The van der Waals surface area contributed by atoms with Crippen molar-refractivity contribution in [3.63, 3.8) is 0 Å². The maximum Gasteiger partial charge on any atom is 0.124 e. The second-order valence-corrected chi connectivity index (χ2v) is 4.89. The van der Waals surface area contributed by atoms with Gasteiger partial charge in [0, 0.05) is 32.8 Å². The topological polar surface area (TPSA) is 62.8 Å². The normalized spacial score (nSPS) is 10.2. The molecule has 2 aromatic rings. The molecule has 0 amide bonds. The Bertz CT molecular complexity index is 540. The highest BCUT2D eigenvalue weighted by atomic mass is 35.5. The van der Waals surface area contributed by atoms with E-state index in [4.69, 9.17) is 22.7 Å². The van der Waals surface area contributed by atoms with Gasteiger partial charge < -0.3 is 5.73 Å². The molecular weight excluding hydrogens is 254 g/mol. The highest BCUT2D eigenvalue weighted by Gasteiger charge is 2.06. The maximum absolute atomic E-state index is 7.49. The van der Waals surface area contributed by atoms with Crippen molar-refractivity contribution in [2.24, 2.45) is 5.73 Å². The van der Waals surface area contributed by atoms with E-state index in [-0.39, 0.29) is 5.84 Å². The molecule has 5 heteroatoms. The van der Waals surface area contributed by atoms with Gasteiger partial charge in [-0.2, -0.15) is 0 Å². The molecular formula is C12H10ClN3S. The summed E-state index contributed by atoms with van der Waals surface area (Å²) in [6.07, 6.45) is 3.33. The van der Waals surface area contributed by atoms with E-state index < -0.39 is 0 Å². The number of nitrogens with one attached hydrogen (secondary N) is 1. The standard InChI is InChI=1S/C12H10ClN3S/c13-8-1-3-9(4-2-8)17-11-7-16-6-5-10(11)12(14)15/h1-7H,(H3,14,15). The van der Waals surface area contributed by atoms with Crippen molar-refractivity contribution in [1.29, 1.82) is 5.41 Å². The van der Waals surface area contributed by atoms with Crippen LogP contribution in [0.2, 0.25) is 5.02 Å². The quantitative estimate of drug-likeness (QED) is 0.660. The summed E-state index contributed by atoms with van der Waals surface area (Å²) in [5.41, 5.74) is 6.21. The van der Waals surface area contributed by atoms with Crippen LogP contribution < -0.4 is 5.73 Å². The van der Waals surface area contributed by atoms with E-state index in [9.17, 15) is 0 Å². The fourth-order valence-electron chi connectivity index (χ4n) is 1.31. The molecule has 0 spiro atoms. The number of benzene rings is 1. The van der Waals surface area contributed by atoms with E-state index in [1.165, 1.54) is 11.8 Å². The van der Waals surface area contributed by atoms with Crippen LogP contribution in [-0.4, -0.2) is 10.8 Å². The van der Waals surface area contributed by atoms with E-state index in [1.807, 2.05) is 24.3 Å². The van der Waals surface area contributed by atoms with Crippen molar-refractivity contribution in [3.05, 3.63) is 53.3 Å². The summed E-state index contributed by atoms with van der Waals surface area (Å²) in [6, 6.07) is 9.23. The van der Waals surface area contributed by atoms with Crippen molar-refractivity contribution in [2.45, 2.75) is 9.79 Å². The first-order valence-corrected chi connectivity index (χ1v) is 6.08. The van der Waals surface area contributed by atoms with Gasteiger partial charge in [-0.05, 0) is 30.3 Å². The molecule has 1 aromatic carbocycles. The smallest absolute Gasteiger partial charge is 0.124 e. The van der Waals surface area contributed by atoms with Crippen LogP contribution in [-0.2, 0) is 0 Å². The SMILES string of the molecule is N=C(N)c1ccncc1Sc1ccc(Cl)cc1. The van der Waals surface area contributed by atoms with E-state index in [2.05, 4.69) is 4.98 Å². The van der Waals surface area contributed by atoms with Crippen molar-refractivity contribution >= 4 is 29.2 Å². The first-order valence-electron chi connectivity index (χ1n) is 4.88. The molecule has 0 saturated carbocycles. The van der Waals surface area contributed by atoms with E-state index in [1.54, 1.807) is 18.5 Å². The predicted molar refractivity (Wildman–Crippen MR) is 70.8 cm³/mol. The molecule has 17 heavy (non-hydrogen) atoms. The molecule has 0 bridgehead atoms. The van der Waals surface area contributed by atoms with Gasteiger partial charge in [0.2, 0.25) is 0 Å². The van der Waals surface area contributed by atoms with Crippen LogP contribution in [0.5, 0.6) is 0 Å². The van der Waals surface area contributed by atoms with Crippen LogP contribution in [0, 0.1) is 5.41 Å². The molecule has 0 aliphatic rings. The summed E-state index contributed by atoms with van der Waals surface area (Å²) in [5.74, 6) is 0.0452. The van der Waals surface area contributed by atoms with Gasteiger partial charge in [0.15, 0.2) is 0 Å². The first-order chi connectivity index (χ1) is 8.16. The number of hydrogen-bond acceptors (Lipinski definition) is 3. The minimum absolute atomic E-state index is 0.0452. The maximum atomic E-state index is 7.49. The first kappa shape index (κ1) is 12.0.